The maximum absolute atomic E-state index is 12.7. The Labute approximate surface area is 200 Å². The van der Waals surface area contributed by atoms with Crippen LogP contribution in [0.2, 0.25) is 0 Å². The fraction of sp³-hybridized carbons (Fsp3) is 0.200. The molecule has 184 valence electrons. The molecule has 0 aromatic heterocycles. The molecular weight excluding hydrogens is 463 g/mol. The first-order valence-corrected chi connectivity index (χ1v) is 10.6. The van der Waals surface area contributed by atoms with Gasteiger partial charge in [-0.2, -0.15) is 0 Å². The molecular formula is C25H24F3N3O4. The lowest BCUT2D eigenvalue weighted by atomic mass is 10.0. The Bertz CT molecular complexity index is 1120. The Morgan fingerprint density at radius 3 is 2.26 bits per heavy atom. The van der Waals surface area contributed by atoms with Crippen molar-refractivity contribution in [1.29, 1.82) is 0 Å². The number of carbonyl (C=O) groups is 2. The van der Waals surface area contributed by atoms with Gasteiger partial charge in [0.1, 0.15) is 12.4 Å². The molecule has 0 unspecified atom stereocenters. The summed E-state index contributed by atoms with van der Waals surface area (Å²) in [5.41, 5.74) is 8.13. The largest absolute Gasteiger partial charge is 0.573 e. The van der Waals surface area contributed by atoms with Crippen molar-refractivity contribution in [2.45, 2.75) is 32.0 Å². The fourth-order valence-corrected chi connectivity index (χ4v) is 3.23. The third-order valence-electron chi connectivity index (χ3n) is 4.86. The van der Waals surface area contributed by atoms with Gasteiger partial charge in [0.25, 0.3) is 0 Å². The van der Waals surface area contributed by atoms with Crippen LogP contribution < -0.4 is 21.1 Å². The second-order valence-corrected chi connectivity index (χ2v) is 7.53. The van der Waals surface area contributed by atoms with Gasteiger partial charge in [-0.05, 0) is 41.0 Å². The van der Waals surface area contributed by atoms with Gasteiger partial charge in [0.2, 0.25) is 5.91 Å². The monoisotopic (exact) mass is 487 g/mol. The molecule has 10 heteroatoms. The molecule has 1 atom stereocenters. The molecule has 2 amide bonds. The van der Waals surface area contributed by atoms with E-state index in [1.54, 1.807) is 42.5 Å². The summed E-state index contributed by atoms with van der Waals surface area (Å²) in [6.07, 6.45) is -5.82. The summed E-state index contributed by atoms with van der Waals surface area (Å²) < 4.78 is 46.5. The van der Waals surface area contributed by atoms with E-state index in [4.69, 9.17) is 10.5 Å². The zero-order valence-electron chi connectivity index (χ0n) is 18.5. The van der Waals surface area contributed by atoms with Gasteiger partial charge in [-0.3, -0.25) is 4.79 Å². The van der Waals surface area contributed by atoms with Crippen molar-refractivity contribution in [3.05, 3.63) is 95.6 Å². The molecule has 0 saturated carbocycles. The molecule has 0 radical (unpaired) electrons. The average molecular weight is 487 g/mol. The number of nitrogens with one attached hydrogen (secondary N) is 2. The Morgan fingerprint density at radius 1 is 0.914 bits per heavy atom. The number of alkyl carbamates (subject to hydrolysis) is 1. The normalized spacial score (nSPS) is 11.9. The Morgan fingerprint density at radius 2 is 1.60 bits per heavy atom. The Hall–Kier alpha value is -4.05. The van der Waals surface area contributed by atoms with Crippen LogP contribution in [0.5, 0.6) is 5.75 Å². The lowest BCUT2D eigenvalue weighted by Crippen LogP contribution is -2.32. The minimum atomic E-state index is -4.83. The molecule has 7 nitrogen and oxygen atoms in total. The van der Waals surface area contributed by atoms with Gasteiger partial charge in [-0.1, -0.05) is 54.6 Å². The van der Waals surface area contributed by atoms with E-state index in [1.165, 1.54) is 12.1 Å². The lowest BCUT2D eigenvalue weighted by molar-refractivity contribution is -0.274. The highest BCUT2D eigenvalue weighted by molar-refractivity contribution is 5.91. The number of nitrogens with two attached hydrogens (primary N) is 1. The van der Waals surface area contributed by atoms with E-state index in [9.17, 15) is 22.8 Å². The number of ether oxygens (including phenoxy) is 2. The first kappa shape index (κ1) is 25.6. The zero-order chi connectivity index (χ0) is 25.3. The minimum Gasteiger partial charge on any atom is -0.445 e. The summed E-state index contributed by atoms with van der Waals surface area (Å²) in [6, 6.07) is 20.0. The first-order chi connectivity index (χ1) is 16.7. The highest BCUT2D eigenvalue weighted by atomic mass is 19.4. The summed E-state index contributed by atoms with van der Waals surface area (Å²) in [5.74, 6) is -0.849. The number of hydrogen-bond acceptors (Lipinski definition) is 5. The van der Waals surface area contributed by atoms with Crippen LogP contribution in [0.15, 0.2) is 78.9 Å². The molecule has 0 aliphatic heterocycles. The van der Waals surface area contributed by atoms with Crippen LogP contribution in [0.25, 0.3) is 0 Å². The predicted octanol–water partition coefficient (Wildman–Crippen LogP) is 5.04. The molecule has 0 aliphatic carbocycles. The van der Waals surface area contributed by atoms with E-state index in [1.807, 2.05) is 12.1 Å². The Kier molecular flexibility index (Phi) is 8.69. The molecule has 0 heterocycles. The molecule has 35 heavy (non-hydrogen) atoms. The van der Waals surface area contributed by atoms with Gasteiger partial charge in [-0.15, -0.1) is 13.2 Å². The quantitative estimate of drug-likeness (QED) is 0.393. The molecule has 3 aromatic carbocycles. The van der Waals surface area contributed by atoms with Gasteiger partial charge < -0.3 is 25.8 Å². The maximum atomic E-state index is 12.7. The molecule has 0 spiro atoms. The van der Waals surface area contributed by atoms with Gasteiger partial charge in [0.15, 0.2) is 0 Å². The second-order valence-electron chi connectivity index (χ2n) is 7.53. The summed E-state index contributed by atoms with van der Waals surface area (Å²) in [6.45, 7) is 0.309. The van der Waals surface area contributed by atoms with E-state index in [0.717, 1.165) is 23.3 Å². The third-order valence-corrected chi connectivity index (χ3v) is 4.86. The highest BCUT2D eigenvalue weighted by Crippen LogP contribution is 2.26. The van der Waals surface area contributed by atoms with E-state index < -0.39 is 30.2 Å². The minimum absolute atomic E-state index is 0.00975. The number of hydrogen-bond donors (Lipinski definition) is 3. The third kappa shape index (κ3) is 8.67. The first-order valence-electron chi connectivity index (χ1n) is 10.6. The highest BCUT2D eigenvalue weighted by Gasteiger charge is 2.31. The average Bonchev–Trinajstić information content (AvgIpc) is 2.82. The lowest BCUT2D eigenvalue weighted by Gasteiger charge is -2.19. The van der Waals surface area contributed by atoms with Crippen molar-refractivity contribution < 1.29 is 32.2 Å². The molecule has 0 bridgehead atoms. The standard InChI is InChI=1S/C25H24F3N3O4/c26-25(27,28)35-21-11-9-19(10-12-21)22(31-24(33)34-16-17-5-2-1-3-6-17)14-23(32)30-20-8-4-7-18(13-20)15-29/h1-13,22H,14-16,29H2,(H,30,32)(H,31,33)/t22-/m0/s1. The Balaban J connectivity index is 1.71. The fourth-order valence-electron chi connectivity index (χ4n) is 3.23. The predicted molar refractivity (Wildman–Crippen MR) is 123 cm³/mol. The molecule has 0 aliphatic rings. The van der Waals surface area contributed by atoms with Crippen LogP contribution in [-0.2, 0) is 22.7 Å². The molecule has 0 fully saturated rings. The van der Waals surface area contributed by atoms with Gasteiger partial charge in [0, 0.05) is 12.2 Å². The summed E-state index contributed by atoms with van der Waals surface area (Å²) in [4.78, 5) is 25.1. The van der Waals surface area contributed by atoms with Crippen molar-refractivity contribution in [2.75, 3.05) is 5.32 Å². The summed E-state index contributed by atoms with van der Waals surface area (Å²) >= 11 is 0. The van der Waals surface area contributed by atoms with Gasteiger partial charge in [-0.25, -0.2) is 4.79 Å². The van der Waals surface area contributed by atoms with Crippen LogP contribution in [0.1, 0.15) is 29.2 Å². The van der Waals surface area contributed by atoms with Crippen LogP contribution in [-0.4, -0.2) is 18.4 Å². The summed E-state index contributed by atoms with van der Waals surface area (Å²) in [7, 11) is 0. The smallest absolute Gasteiger partial charge is 0.445 e. The van der Waals surface area contributed by atoms with Crippen molar-refractivity contribution in [3.63, 3.8) is 0 Å². The van der Waals surface area contributed by atoms with Crippen LogP contribution in [0.4, 0.5) is 23.7 Å². The molecule has 3 rings (SSSR count). The van der Waals surface area contributed by atoms with E-state index in [-0.39, 0.29) is 13.0 Å². The van der Waals surface area contributed by atoms with Crippen LogP contribution >= 0.6 is 0 Å². The van der Waals surface area contributed by atoms with Crippen LogP contribution in [0.3, 0.4) is 0 Å². The van der Waals surface area contributed by atoms with Crippen molar-refractivity contribution in [2.24, 2.45) is 5.73 Å². The molecule has 4 N–H and O–H groups in total. The van der Waals surface area contributed by atoms with Gasteiger partial charge in [0.05, 0.1) is 12.5 Å². The van der Waals surface area contributed by atoms with Crippen molar-refractivity contribution >= 4 is 17.7 Å². The number of benzene rings is 3. The van der Waals surface area contributed by atoms with Crippen LogP contribution in [0, 0.1) is 0 Å². The van der Waals surface area contributed by atoms with E-state index >= 15 is 0 Å². The van der Waals surface area contributed by atoms with E-state index in [2.05, 4.69) is 15.4 Å². The number of alkyl halides is 3. The number of anilines is 1. The molecule has 3 aromatic rings. The van der Waals surface area contributed by atoms with Crippen molar-refractivity contribution in [3.8, 4) is 5.75 Å². The van der Waals surface area contributed by atoms with Gasteiger partial charge >= 0.3 is 12.5 Å². The number of carbonyl (C=O) groups excluding carboxylic acids is 2. The summed E-state index contributed by atoms with van der Waals surface area (Å²) in [5, 5.41) is 5.34. The SMILES string of the molecule is NCc1cccc(NC(=O)C[C@H](NC(=O)OCc2ccccc2)c2ccc(OC(F)(F)F)cc2)c1. The topological polar surface area (TPSA) is 103 Å². The van der Waals surface area contributed by atoms with Crippen molar-refractivity contribution in [1.82, 2.24) is 5.32 Å². The van der Waals surface area contributed by atoms with E-state index in [0.29, 0.717) is 17.8 Å². The molecule has 0 saturated heterocycles. The number of halogens is 3. The number of amides is 2. The number of rotatable bonds is 9. The maximum Gasteiger partial charge on any atom is 0.573 e. The second kappa shape index (κ2) is 11.9. The zero-order valence-corrected chi connectivity index (χ0v) is 18.5.